The minimum absolute atomic E-state index is 0.121. The van der Waals surface area contributed by atoms with Gasteiger partial charge in [-0.15, -0.1) is 0 Å². The molecule has 2 fully saturated rings. The van der Waals surface area contributed by atoms with Gasteiger partial charge in [0.2, 0.25) is 5.91 Å². The highest BCUT2D eigenvalue weighted by Gasteiger charge is 2.32. The van der Waals surface area contributed by atoms with Gasteiger partial charge in [0.25, 0.3) is 0 Å². The molecule has 3 atom stereocenters. The molecule has 5 heteroatoms. The lowest BCUT2D eigenvalue weighted by Gasteiger charge is -2.32. The summed E-state index contributed by atoms with van der Waals surface area (Å²) in [5.74, 6) is 0.667. The number of nitrogens with one attached hydrogen (secondary N) is 1. The first kappa shape index (κ1) is 14.8. The highest BCUT2D eigenvalue weighted by atomic mass is 16.5. The molecule has 2 rings (SSSR count). The summed E-state index contributed by atoms with van der Waals surface area (Å²) in [4.78, 5) is 14.5. The Balaban J connectivity index is 1.74. The van der Waals surface area contributed by atoms with Gasteiger partial charge in [0.15, 0.2) is 0 Å². The Bertz CT molecular complexity index is 298. The van der Waals surface area contributed by atoms with E-state index >= 15 is 0 Å². The molecule has 19 heavy (non-hydrogen) atoms. The van der Waals surface area contributed by atoms with Gasteiger partial charge >= 0.3 is 0 Å². The van der Waals surface area contributed by atoms with Gasteiger partial charge in [0.1, 0.15) is 0 Å². The number of hydrogen-bond acceptors (Lipinski definition) is 4. The molecule has 1 aliphatic carbocycles. The van der Waals surface area contributed by atoms with Crippen molar-refractivity contribution in [3.63, 3.8) is 0 Å². The van der Waals surface area contributed by atoms with E-state index in [0.717, 1.165) is 45.5 Å². The van der Waals surface area contributed by atoms with Crippen molar-refractivity contribution in [1.82, 2.24) is 10.2 Å². The standard InChI is InChI=1S/C14H27N3O2/c1-2-17-6-7-19-12(10-17)9-16-14(18)13-5-3-4-11(13)8-15/h11-13H,2-10,15H2,1H3,(H,16,18). The van der Waals surface area contributed by atoms with Crippen LogP contribution in [-0.2, 0) is 9.53 Å². The van der Waals surface area contributed by atoms with Gasteiger partial charge in [0.05, 0.1) is 12.7 Å². The molecule has 2 aliphatic rings. The van der Waals surface area contributed by atoms with E-state index in [1.54, 1.807) is 0 Å². The summed E-state index contributed by atoms with van der Waals surface area (Å²) in [6.45, 7) is 7.14. The average Bonchev–Trinajstić information content (AvgIpc) is 2.93. The third-order valence-electron chi connectivity index (χ3n) is 4.47. The monoisotopic (exact) mass is 269 g/mol. The van der Waals surface area contributed by atoms with Gasteiger partial charge in [-0.2, -0.15) is 0 Å². The molecule has 0 radical (unpaired) electrons. The molecule has 1 amide bonds. The molecule has 110 valence electrons. The van der Waals surface area contributed by atoms with Gasteiger partial charge in [-0.1, -0.05) is 13.3 Å². The lowest BCUT2D eigenvalue weighted by Crippen LogP contribution is -2.48. The molecule has 0 aromatic rings. The molecule has 0 aromatic carbocycles. The number of likely N-dealkylation sites (N-methyl/N-ethyl adjacent to an activating group) is 1. The van der Waals surface area contributed by atoms with Gasteiger partial charge < -0.3 is 15.8 Å². The van der Waals surface area contributed by atoms with Crippen molar-refractivity contribution in [2.75, 3.05) is 39.3 Å². The predicted molar refractivity (Wildman–Crippen MR) is 74.7 cm³/mol. The van der Waals surface area contributed by atoms with E-state index in [2.05, 4.69) is 17.1 Å². The number of rotatable bonds is 5. The number of carbonyl (C=O) groups is 1. The number of carbonyl (C=O) groups excluding carboxylic acids is 1. The molecule has 1 saturated heterocycles. The van der Waals surface area contributed by atoms with Gasteiger partial charge in [-0.25, -0.2) is 0 Å². The molecule has 1 aliphatic heterocycles. The van der Waals surface area contributed by atoms with Crippen LogP contribution < -0.4 is 11.1 Å². The molecule has 0 bridgehead atoms. The summed E-state index contributed by atoms with van der Waals surface area (Å²) in [5.41, 5.74) is 5.73. The normalized spacial score (nSPS) is 32.4. The lowest BCUT2D eigenvalue weighted by atomic mass is 9.95. The Kier molecular flexibility index (Phi) is 5.60. The van der Waals surface area contributed by atoms with E-state index < -0.39 is 0 Å². The Morgan fingerprint density at radius 3 is 3.05 bits per heavy atom. The van der Waals surface area contributed by atoms with Crippen LogP contribution in [0.2, 0.25) is 0 Å². The third-order valence-corrected chi connectivity index (χ3v) is 4.47. The number of amides is 1. The first-order valence-corrected chi connectivity index (χ1v) is 7.56. The summed E-state index contributed by atoms with van der Waals surface area (Å²) < 4.78 is 5.70. The van der Waals surface area contributed by atoms with Crippen molar-refractivity contribution in [1.29, 1.82) is 0 Å². The topological polar surface area (TPSA) is 67.6 Å². The Morgan fingerprint density at radius 2 is 2.32 bits per heavy atom. The summed E-state index contributed by atoms with van der Waals surface area (Å²) >= 11 is 0. The molecule has 1 saturated carbocycles. The van der Waals surface area contributed by atoms with Crippen LogP contribution in [0.3, 0.4) is 0 Å². The first-order valence-electron chi connectivity index (χ1n) is 7.56. The minimum Gasteiger partial charge on any atom is -0.374 e. The zero-order valence-electron chi connectivity index (χ0n) is 11.9. The second-order valence-corrected chi connectivity index (χ2v) is 5.66. The number of morpholine rings is 1. The first-order chi connectivity index (χ1) is 9.24. The maximum Gasteiger partial charge on any atom is 0.223 e. The number of nitrogens with zero attached hydrogens (tertiary/aromatic N) is 1. The SMILES string of the molecule is CCN1CCOC(CNC(=O)C2CCCC2CN)C1. The van der Waals surface area contributed by atoms with Crippen molar-refractivity contribution in [2.24, 2.45) is 17.6 Å². The van der Waals surface area contributed by atoms with Crippen molar-refractivity contribution in [2.45, 2.75) is 32.3 Å². The Hall–Kier alpha value is -0.650. The summed E-state index contributed by atoms with van der Waals surface area (Å²) in [6.07, 6.45) is 3.34. The highest BCUT2D eigenvalue weighted by Crippen LogP contribution is 2.30. The second kappa shape index (κ2) is 7.22. The molecule has 5 nitrogen and oxygen atoms in total. The van der Waals surface area contributed by atoms with E-state index in [1.807, 2.05) is 0 Å². The molecular formula is C14H27N3O2. The van der Waals surface area contributed by atoms with Crippen LogP contribution in [0, 0.1) is 11.8 Å². The van der Waals surface area contributed by atoms with Crippen LogP contribution >= 0.6 is 0 Å². The third kappa shape index (κ3) is 3.91. The van der Waals surface area contributed by atoms with Crippen LogP contribution in [0.25, 0.3) is 0 Å². The fourth-order valence-corrected chi connectivity index (χ4v) is 3.20. The smallest absolute Gasteiger partial charge is 0.223 e. The van der Waals surface area contributed by atoms with Crippen LogP contribution in [0.5, 0.6) is 0 Å². The van der Waals surface area contributed by atoms with Gasteiger partial charge in [0, 0.05) is 25.6 Å². The molecule has 1 heterocycles. The minimum atomic E-state index is 0.121. The van der Waals surface area contributed by atoms with Crippen molar-refractivity contribution in [3.8, 4) is 0 Å². The molecular weight excluding hydrogens is 242 g/mol. The second-order valence-electron chi connectivity index (χ2n) is 5.66. The van der Waals surface area contributed by atoms with E-state index in [9.17, 15) is 4.79 Å². The summed E-state index contributed by atoms with van der Waals surface area (Å²) in [5, 5.41) is 3.06. The van der Waals surface area contributed by atoms with Crippen molar-refractivity contribution >= 4 is 5.91 Å². The molecule has 3 unspecified atom stereocenters. The van der Waals surface area contributed by atoms with Crippen molar-refractivity contribution in [3.05, 3.63) is 0 Å². The largest absolute Gasteiger partial charge is 0.374 e. The highest BCUT2D eigenvalue weighted by molar-refractivity contribution is 5.79. The van der Waals surface area contributed by atoms with E-state index in [-0.39, 0.29) is 17.9 Å². The van der Waals surface area contributed by atoms with E-state index in [4.69, 9.17) is 10.5 Å². The van der Waals surface area contributed by atoms with Crippen LogP contribution in [0.4, 0.5) is 0 Å². The number of ether oxygens (including phenoxy) is 1. The fourth-order valence-electron chi connectivity index (χ4n) is 3.20. The average molecular weight is 269 g/mol. The van der Waals surface area contributed by atoms with Gasteiger partial charge in [-0.05, 0) is 31.8 Å². The van der Waals surface area contributed by atoms with E-state index in [0.29, 0.717) is 19.0 Å². The number of nitrogens with two attached hydrogens (primary N) is 1. The van der Waals surface area contributed by atoms with Gasteiger partial charge in [-0.3, -0.25) is 9.69 Å². The van der Waals surface area contributed by atoms with Crippen LogP contribution in [0.15, 0.2) is 0 Å². The van der Waals surface area contributed by atoms with E-state index in [1.165, 1.54) is 0 Å². The summed E-state index contributed by atoms with van der Waals surface area (Å²) in [7, 11) is 0. The Labute approximate surface area is 115 Å². The number of hydrogen-bond donors (Lipinski definition) is 2. The van der Waals surface area contributed by atoms with Crippen molar-refractivity contribution < 1.29 is 9.53 Å². The molecule has 0 spiro atoms. The molecule has 0 aromatic heterocycles. The quantitative estimate of drug-likeness (QED) is 0.748. The zero-order valence-corrected chi connectivity index (χ0v) is 11.9. The zero-order chi connectivity index (χ0) is 13.7. The fraction of sp³-hybridized carbons (Fsp3) is 0.929. The van der Waals surface area contributed by atoms with Crippen LogP contribution in [0.1, 0.15) is 26.2 Å². The maximum absolute atomic E-state index is 12.2. The molecule has 3 N–H and O–H groups in total. The maximum atomic E-state index is 12.2. The Morgan fingerprint density at radius 1 is 1.47 bits per heavy atom. The lowest BCUT2D eigenvalue weighted by molar-refractivity contribution is -0.127. The van der Waals surface area contributed by atoms with Crippen LogP contribution in [-0.4, -0.2) is 56.2 Å². The predicted octanol–water partition coefficient (Wildman–Crippen LogP) is 0.198. The summed E-state index contributed by atoms with van der Waals surface area (Å²) in [6, 6.07) is 0.